The van der Waals surface area contributed by atoms with Crippen molar-refractivity contribution < 1.29 is 23.8 Å². The molecule has 0 saturated heterocycles. The van der Waals surface area contributed by atoms with Crippen molar-refractivity contribution in [2.45, 2.75) is 13.0 Å². The molecule has 1 atom stereocenters. The maximum Gasteiger partial charge on any atom is 0.344 e. The second kappa shape index (κ2) is 9.32. The molecular formula is C19H21NO5. The number of amides is 1. The van der Waals surface area contributed by atoms with Gasteiger partial charge in [0.25, 0.3) is 5.91 Å². The van der Waals surface area contributed by atoms with Gasteiger partial charge in [0.1, 0.15) is 0 Å². The molecule has 0 fully saturated rings. The van der Waals surface area contributed by atoms with Crippen LogP contribution in [-0.2, 0) is 14.3 Å². The van der Waals surface area contributed by atoms with E-state index in [-0.39, 0.29) is 25.2 Å². The van der Waals surface area contributed by atoms with Crippen LogP contribution in [0.4, 0.5) is 0 Å². The van der Waals surface area contributed by atoms with E-state index in [1.807, 2.05) is 37.3 Å². The minimum Gasteiger partial charge on any atom is -0.493 e. The molecule has 0 aromatic heterocycles. The Hall–Kier alpha value is -3.02. The van der Waals surface area contributed by atoms with Crippen LogP contribution < -0.4 is 14.8 Å². The van der Waals surface area contributed by atoms with Crippen molar-refractivity contribution in [3.05, 3.63) is 60.2 Å². The molecule has 1 amide bonds. The molecule has 0 aliphatic heterocycles. The summed E-state index contributed by atoms with van der Waals surface area (Å²) in [6.07, 6.45) is 0. The standard InChI is InChI=1S/C19H21NO5/c1-14(15-8-4-3-5-9-15)20-18(21)12-25-19(22)13-24-17-11-7-6-10-16(17)23-2/h3-11,14H,12-13H2,1-2H3,(H,20,21)/t14-/m1/s1. The molecule has 1 N–H and O–H groups in total. The molecule has 0 bridgehead atoms. The van der Waals surface area contributed by atoms with Crippen molar-refractivity contribution in [3.8, 4) is 11.5 Å². The lowest BCUT2D eigenvalue weighted by Gasteiger charge is -2.14. The molecule has 2 aromatic carbocycles. The summed E-state index contributed by atoms with van der Waals surface area (Å²) in [7, 11) is 1.51. The number of esters is 1. The van der Waals surface area contributed by atoms with Crippen molar-refractivity contribution in [2.24, 2.45) is 0 Å². The second-order valence-corrected chi connectivity index (χ2v) is 5.30. The Bertz CT molecular complexity index is 702. The zero-order valence-corrected chi connectivity index (χ0v) is 14.2. The van der Waals surface area contributed by atoms with Gasteiger partial charge in [-0.05, 0) is 24.6 Å². The highest BCUT2D eigenvalue weighted by Crippen LogP contribution is 2.25. The van der Waals surface area contributed by atoms with Gasteiger partial charge < -0.3 is 19.5 Å². The number of methoxy groups -OCH3 is 1. The summed E-state index contributed by atoms with van der Waals surface area (Å²) in [5.41, 5.74) is 0.974. The van der Waals surface area contributed by atoms with E-state index in [2.05, 4.69) is 5.32 Å². The van der Waals surface area contributed by atoms with Crippen LogP contribution in [0.2, 0.25) is 0 Å². The highest BCUT2D eigenvalue weighted by atomic mass is 16.6. The number of ether oxygens (including phenoxy) is 3. The number of hydrogen-bond donors (Lipinski definition) is 1. The van der Waals surface area contributed by atoms with E-state index < -0.39 is 5.97 Å². The van der Waals surface area contributed by atoms with Crippen molar-refractivity contribution >= 4 is 11.9 Å². The van der Waals surface area contributed by atoms with Gasteiger partial charge in [0.15, 0.2) is 24.7 Å². The van der Waals surface area contributed by atoms with Gasteiger partial charge in [-0.25, -0.2) is 4.79 Å². The Kier molecular flexibility index (Phi) is 6.83. The summed E-state index contributed by atoms with van der Waals surface area (Å²) in [6, 6.07) is 16.3. The van der Waals surface area contributed by atoms with E-state index in [4.69, 9.17) is 14.2 Å². The number of rotatable bonds is 8. The normalized spacial score (nSPS) is 11.3. The lowest BCUT2D eigenvalue weighted by molar-refractivity contribution is -0.150. The Morgan fingerprint density at radius 1 is 0.960 bits per heavy atom. The predicted molar refractivity (Wildman–Crippen MR) is 92.4 cm³/mol. The molecule has 0 aliphatic carbocycles. The maximum atomic E-state index is 11.9. The van der Waals surface area contributed by atoms with Gasteiger partial charge in [-0.1, -0.05) is 42.5 Å². The van der Waals surface area contributed by atoms with Gasteiger partial charge in [-0.2, -0.15) is 0 Å². The lowest BCUT2D eigenvalue weighted by Crippen LogP contribution is -2.31. The number of nitrogens with one attached hydrogen (secondary N) is 1. The van der Waals surface area contributed by atoms with E-state index in [0.29, 0.717) is 11.5 Å². The second-order valence-electron chi connectivity index (χ2n) is 5.30. The number of carbonyl (C=O) groups is 2. The van der Waals surface area contributed by atoms with E-state index in [1.165, 1.54) is 7.11 Å². The quantitative estimate of drug-likeness (QED) is 0.746. The van der Waals surface area contributed by atoms with Crippen LogP contribution >= 0.6 is 0 Å². The van der Waals surface area contributed by atoms with E-state index >= 15 is 0 Å². The number of carbonyl (C=O) groups excluding carboxylic acids is 2. The molecule has 0 saturated carbocycles. The Labute approximate surface area is 146 Å². The summed E-state index contributed by atoms with van der Waals surface area (Å²) in [4.78, 5) is 23.6. The minimum absolute atomic E-state index is 0.169. The van der Waals surface area contributed by atoms with Crippen LogP contribution in [0, 0.1) is 0 Å². The van der Waals surface area contributed by atoms with Crippen LogP contribution in [-0.4, -0.2) is 32.2 Å². The number of benzene rings is 2. The first kappa shape index (κ1) is 18.3. The lowest BCUT2D eigenvalue weighted by atomic mass is 10.1. The summed E-state index contributed by atoms with van der Waals surface area (Å²) in [5, 5.41) is 2.77. The summed E-state index contributed by atoms with van der Waals surface area (Å²) in [5.74, 6) is -0.0516. The fraction of sp³-hybridized carbons (Fsp3) is 0.263. The highest BCUT2D eigenvalue weighted by molar-refractivity contribution is 5.81. The molecule has 6 nitrogen and oxygen atoms in total. The fourth-order valence-corrected chi connectivity index (χ4v) is 2.17. The van der Waals surface area contributed by atoms with Gasteiger partial charge in [0.05, 0.1) is 13.2 Å². The average molecular weight is 343 g/mol. The largest absolute Gasteiger partial charge is 0.493 e. The summed E-state index contributed by atoms with van der Waals surface area (Å²) >= 11 is 0. The Morgan fingerprint density at radius 3 is 2.28 bits per heavy atom. The van der Waals surface area contributed by atoms with Gasteiger partial charge in [0, 0.05) is 0 Å². The first-order valence-corrected chi connectivity index (χ1v) is 7.86. The molecule has 0 unspecified atom stereocenters. The molecule has 25 heavy (non-hydrogen) atoms. The van der Waals surface area contributed by atoms with Crippen LogP contribution in [0.25, 0.3) is 0 Å². The third-order valence-electron chi connectivity index (χ3n) is 3.46. The molecule has 6 heteroatoms. The van der Waals surface area contributed by atoms with Crippen LogP contribution in [0.3, 0.4) is 0 Å². The molecule has 2 rings (SSSR count). The van der Waals surface area contributed by atoms with Crippen LogP contribution in [0.1, 0.15) is 18.5 Å². The van der Waals surface area contributed by atoms with Crippen molar-refractivity contribution in [2.75, 3.05) is 20.3 Å². The number of hydrogen-bond acceptors (Lipinski definition) is 5. The first-order chi connectivity index (χ1) is 12.1. The zero-order chi connectivity index (χ0) is 18.1. The predicted octanol–water partition coefficient (Wildman–Crippen LogP) is 2.49. The van der Waals surface area contributed by atoms with Crippen molar-refractivity contribution in [3.63, 3.8) is 0 Å². The smallest absolute Gasteiger partial charge is 0.344 e. The average Bonchev–Trinajstić information content (AvgIpc) is 2.65. The van der Waals surface area contributed by atoms with Crippen molar-refractivity contribution in [1.29, 1.82) is 0 Å². The fourth-order valence-electron chi connectivity index (χ4n) is 2.17. The Morgan fingerprint density at radius 2 is 1.60 bits per heavy atom. The van der Waals surface area contributed by atoms with E-state index in [9.17, 15) is 9.59 Å². The SMILES string of the molecule is COc1ccccc1OCC(=O)OCC(=O)N[C@H](C)c1ccccc1. The molecule has 2 aromatic rings. The Balaban J connectivity index is 1.73. The first-order valence-electron chi connectivity index (χ1n) is 7.86. The monoisotopic (exact) mass is 343 g/mol. The maximum absolute atomic E-state index is 11.9. The van der Waals surface area contributed by atoms with Gasteiger partial charge in [0.2, 0.25) is 0 Å². The molecular weight excluding hydrogens is 322 g/mol. The molecule has 0 spiro atoms. The number of para-hydroxylation sites is 2. The highest BCUT2D eigenvalue weighted by Gasteiger charge is 2.13. The van der Waals surface area contributed by atoms with Crippen LogP contribution in [0.15, 0.2) is 54.6 Å². The van der Waals surface area contributed by atoms with Gasteiger partial charge >= 0.3 is 5.97 Å². The molecule has 0 heterocycles. The zero-order valence-electron chi connectivity index (χ0n) is 14.2. The van der Waals surface area contributed by atoms with Crippen molar-refractivity contribution in [1.82, 2.24) is 5.32 Å². The van der Waals surface area contributed by atoms with Crippen LogP contribution in [0.5, 0.6) is 11.5 Å². The molecule has 0 aliphatic rings. The minimum atomic E-state index is -0.631. The topological polar surface area (TPSA) is 73.9 Å². The van der Waals surface area contributed by atoms with Gasteiger partial charge in [-0.15, -0.1) is 0 Å². The van der Waals surface area contributed by atoms with E-state index in [0.717, 1.165) is 5.56 Å². The third-order valence-corrected chi connectivity index (χ3v) is 3.46. The molecule has 0 radical (unpaired) electrons. The van der Waals surface area contributed by atoms with Gasteiger partial charge in [-0.3, -0.25) is 4.79 Å². The third kappa shape index (κ3) is 5.84. The summed E-state index contributed by atoms with van der Waals surface area (Å²) < 4.78 is 15.4. The van der Waals surface area contributed by atoms with E-state index in [1.54, 1.807) is 24.3 Å². The summed E-state index contributed by atoms with van der Waals surface area (Å²) in [6.45, 7) is 1.20. The molecule has 132 valence electrons.